The predicted octanol–water partition coefficient (Wildman–Crippen LogP) is 10.4. The summed E-state index contributed by atoms with van der Waals surface area (Å²) in [5.74, 6) is 1.92. The summed E-state index contributed by atoms with van der Waals surface area (Å²) >= 11 is 8.20. The van der Waals surface area contributed by atoms with E-state index >= 15 is 0 Å². The minimum absolute atomic E-state index is 0. The first kappa shape index (κ1) is 35.4. The maximum absolute atomic E-state index is 12.5. The van der Waals surface area contributed by atoms with E-state index in [2.05, 4.69) is 35.5 Å². The van der Waals surface area contributed by atoms with Crippen molar-refractivity contribution in [2.24, 2.45) is 0 Å². The Bertz CT molecular complexity index is 1070. The van der Waals surface area contributed by atoms with E-state index < -0.39 is 0 Å². The molecule has 0 fully saturated rings. The highest BCUT2D eigenvalue weighted by molar-refractivity contribution is 8.93. The lowest BCUT2D eigenvalue weighted by Gasteiger charge is -2.19. The number of carbonyl (C=O) groups excluding carboxylic acids is 1. The average molecular weight is 668 g/mol. The standard InChI is InChI=1S/C33H47ClN2O3S.BrH/c1-3-4-5-6-7-8-9-10-11-12-13-14-20-38-30-18-19-32(31(34)22-30)39-24-33(37)35-29-17-15-16-28(21-29)23-36-26-40-25-27(36)2;/h15-19,21-22,25H,3-14,20,23-24,26H2,1-2H3,(H,35,37);1H. The quantitative estimate of drug-likeness (QED) is 0.142. The number of unbranched alkanes of at least 4 members (excludes halogenated alkanes) is 11. The molecule has 41 heavy (non-hydrogen) atoms. The van der Waals surface area contributed by atoms with Crippen molar-refractivity contribution in [3.05, 3.63) is 64.2 Å². The Labute approximate surface area is 267 Å². The summed E-state index contributed by atoms with van der Waals surface area (Å²) in [6, 6.07) is 13.3. The largest absolute Gasteiger partial charge is 0.494 e. The fraction of sp³-hybridized carbons (Fsp3) is 0.545. The molecule has 0 saturated carbocycles. The minimum Gasteiger partial charge on any atom is -0.494 e. The molecule has 2 aromatic carbocycles. The van der Waals surface area contributed by atoms with Gasteiger partial charge in [-0.05, 0) is 48.6 Å². The molecule has 228 valence electrons. The highest BCUT2D eigenvalue weighted by Gasteiger charge is 2.13. The number of nitrogens with one attached hydrogen (secondary N) is 1. The number of ether oxygens (including phenoxy) is 2. The Kier molecular flexibility index (Phi) is 18.1. The van der Waals surface area contributed by atoms with Gasteiger partial charge in [-0.25, -0.2) is 0 Å². The van der Waals surface area contributed by atoms with Crippen LogP contribution < -0.4 is 14.8 Å². The van der Waals surface area contributed by atoms with Gasteiger partial charge in [0.1, 0.15) is 11.5 Å². The normalized spacial score (nSPS) is 12.6. The van der Waals surface area contributed by atoms with Crippen molar-refractivity contribution in [1.29, 1.82) is 0 Å². The summed E-state index contributed by atoms with van der Waals surface area (Å²) in [7, 11) is 0. The molecule has 1 heterocycles. The Morgan fingerprint density at radius 2 is 1.61 bits per heavy atom. The number of hydrogen-bond donors (Lipinski definition) is 1. The summed E-state index contributed by atoms with van der Waals surface area (Å²) in [6.07, 6.45) is 15.9. The smallest absolute Gasteiger partial charge is 0.262 e. The molecule has 1 aliphatic rings. The summed E-state index contributed by atoms with van der Waals surface area (Å²) in [5.41, 5.74) is 3.17. The average Bonchev–Trinajstić information content (AvgIpc) is 3.34. The summed E-state index contributed by atoms with van der Waals surface area (Å²) < 4.78 is 11.6. The zero-order chi connectivity index (χ0) is 28.4. The highest BCUT2D eigenvalue weighted by atomic mass is 79.9. The summed E-state index contributed by atoms with van der Waals surface area (Å²) in [6.45, 7) is 5.77. The molecule has 0 atom stereocenters. The number of rotatable bonds is 20. The van der Waals surface area contributed by atoms with Crippen LogP contribution in [0, 0.1) is 0 Å². The van der Waals surface area contributed by atoms with Crippen LogP contribution in [0.3, 0.4) is 0 Å². The number of thioether (sulfide) groups is 1. The van der Waals surface area contributed by atoms with Crippen LogP contribution in [0.2, 0.25) is 5.02 Å². The monoisotopic (exact) mass is 666 g/mol. The number of nitrogens with zero attached hydrogens (tertiary/aromatic N) is 1. The first-order valence-electron chi connectivity index (χ1n) is 15.0. The van der Waals surface area contributed by atoms with Gasteiger partial charge in [-0.15, -0.1) is 28.7 Å². The van der Waals surface area contributed by atoms with Gasteiger partial charge in [0.2, 0.25) is 0 Å². The van der Waals surface area contributed by atoms with Gasteiger partial charge in [0.15, 0.2) is 6.61 Å². The van der Waals surface area contributed by atoms with Gasteiger partial charge in [0.25, 0.3) is 5.91 Å². The second kappa shape index (κ2) is 21.0. The second-order valence-corrected chi connectivity index (χ2v) is 11.9. The van der Waals surface area contributed by atoms with Crippen LogP contribution in [0.15, 0.2) is 53.6 Å². The summed E-state index contributed by atoms with van der Waals surface area (Å²) in [4.78, 5) is 14.8. The number of allylic oxidation sites excluding steroid dienone is 1. The van der Waals surface area contributed by atoms with Gasteiger partial charge in [-0.1, -0.05) is 101 Å². The number of carbonyl (C=O) groups is 1. The molecule has 0 saturated heterocycles. The zero-order valence-electron chi connectivity index (χ0n) is 24.8. The Morgan fingerprint density at radius 3 is 2.24 bits per heavy atom. The molecule has 0 radical (unpaired) electrons. The zero-order valence-corrected chi connectivity index (χ0v) is 28.1. The third kappa shape index (κ3) is 14.3. The van der Waals surface area contributed by atoms with Crippen molar-refractivity contribution in [3.63, 3.8) is 0 Å². The lowest BCUT2D eigenvalue weighted by Crippen LogP contribution is -2.21. The Balaban J connectivity index is 0.00000588. The topological polar surface area (TPSA) is 50.8 Å². The first-order chi connectivity index (χ1) is 19.5. The first-order valence-corrected chi connectivity index (χ1v) is 16.4. The van der Waals surface area contributed by atoms with Crippen LogP contribution in [0.1, 0.15) is 96.5 Å². The van der Waals surface area contributed by atoms with E-state index in [1.165, 1.54) is 76.3 Å². The van der Waals surface area contributed by atoms with Crippen LogP contribution >= 0.6 is 40.3 Å². The molecule has 0 aromatic heterocycles. The molecule has 0 aliphatic carbocycles. The number of halogens is 2. The van der Waals surface area contributed by atoms with Crippen molar-refractivity contribution in [1.82, 2.24) is 4.90 Å². The van der Waals surface area contributed by atoms with E-state index in [1.54, 1.807) is 23.9 Å². The molecule has 8 heteroatoms. The lowest BCUT2D eigenvalue weighted by molar-refractivity contribution is -0.118. The second-order valence-electron chi connectivity index (χ2n) is 10.6. The molecular formula is C33H48BrClN2O3S. The minimum atomic E-state index is -0.228. The molecule has 5 nitrogen and oxygen atoms in total. The van der Waals surface area contributed by atoms with E-state index in [-0.39, 0.29) is 29.5 Å². The number of hydrogen-bond acceptors (Lipinski definition) is 5. The summed E-state index contributed by atoms with van der Waals surface area (Å²) in [5, 5.41) is 5.53. The fourth-order valence-corrected chi connectivity index (χ4v) is 5.89. The lowest BCUT2D eigenvalue weighted by atomic mass is 10.1. The van der Waals surface area contributed by atoms with Crippen LogP contribution in [-0.2, 0) is 11.3 Å². The SMILES string of the molecule is Br.CCCCCCCCCCCCCCOc1ccc(OCC(=O)Nc2cccc(CN3CSC=C3C)c2)c(Cl)c1. The fourth-order valence-electron chi connectivity index (χ4n) is 4.72. The number of amides is 1. The van der Waals surface area contributed by atoms with Crippen molar-refractivity contribution in [3.8, 4) is 11.5 Å². The maximum Gasteiger partial charge on any atom is 0.262 e. The maximum atomic E-state index is 12.5. The van der Waals surface area contributed by atoms with Gasteiger partial charge >= 0.3 is 0 Å². The third-order valence-electron chi connectivity index (χ3n) is 7.10. The predicted molar refractivity (Wildman–Crippen MR) is 181 cm³/mol. The van der Waals surface area contributed by atoms with Gasteiger partial charge in [-0.3, -0.25) is 4.79 Å². The van der Waals surface area contributed by atoms with E-state index in [0.29, 0.717) is 17.4 Å². The highest BCUT2D eigenvalue weighted by Crippen LogP contribution is 2.29. The van der Waals surface area contributed by atoms with E-state index in [9.17, 15) is 4.79 Å². The molecule has 0 spiro atoms. The van der Waals surface area contributed by atoms with Crippen molar-refractivity contribution >= 4 is 51.9 Å². The molecule has 1 N–H and O–H groups in total. The van der Waals surface area contributed by atoms with Crippen molar-refractivity contribution in [2.45, 2.75) is 97.4 Å². The van der Waals surface area contributed by atoms with Gasteiger partial charge in [-0.2, -0.15) is 0 Å². The molecule has 0 unspecified atom stereocenters. The van der Waals surface area contributed by atoms with Crippen molar-refractivity contribution < 1.29 is 14.3 Å². The van der Waals surface area contributed by atoms with Gasteiger partial charge < -0.3 is 19.7 Å². The van der Waals surface area contributed by atoms with Crippen LogP contribution in [0.25, 0.3) is 0 Å². The van der Waals surface area contributed by atoms with Crippen molar-refractivity contribution in [2.75, 3.05) is 24.4 Å². The Hall–Kier alpha value is -1.83. The van der Waals surface area contributed by atoms with Crippen LogP contribution in [-0.4, -0.2) is 29.9 Å². The molecule has 1 aliphatic heterocycles. The molecule has 3 rings (SSSR count). The number of anilines is 1. The molecule has 1 amide bonds. The Morgan fingerprint density at radius 1 is 0.927 bits per heavy atom. The van der Waals surface area contributed by atoms with E-state index in [0.717, 1.165) is 35.8 Å². The van der Waals surface area contributed by atoms with Gasteiger partial charge in [0.05, 0.1) is 17.5 Å². The molecular weight excluding hydrogens is 620 g/mol. The van der Waals surface area contributed by atoms with Gasteiger partial charge in [0, 0.05) is 24.0 Å². The van der Waals surface area contributed by atoms with Crippen LogP contribution in [0.5, 0.6) is 11.5 Å². The molecule has 0 bridgehead atoms. The third-order valence-corrected chi connectivity index (χ3v) is 8.36. The van der Waals surface area contributed by atoms with E-state index in [4.69, 9.17) is 21.1 Å². The van der Waals surface area contributed by atoms with Crippen LogP contribution in [0.4, 0.5) is 5.69 Å². The molecule has 2 aromatic rings. The van der Waals surface area contributed by atoms with E-state index in [1.807, 2.05) is 24.3 Å². The number of benzene rings is 2.